The third-order valence-corrected chi connectivity index (χ3v) is 3.45. The van der Waals surface area contributed by atoms with Crippen LogP contribution in [0.4, 0.5) is 5.13 Å². The molecular formula is C14H16N2OS. The molecule has 0 saturated heterocycles. The lowest BCUT2D eigenvalue weighted by Gasteiger charge is -2.15. The van der Waals surface area contributed by atoms with Gasteiger partial charge in [-0.15, -0.1) is 11.3 Å². The van der Waals surface area contributed by atoms with Gasteiger partial charge in [0.15, 0.2) is 5.13 Å². The van der Waals surface area contributed by atoms with Crippen LogP contribution in [-0.4, -0.2) is 10.9 Å². The van der Waals surface area contributed by atoms with Crippen LogP contribution in [0.5, 0.6) is 0 Å². The number of nitrogens with zero attached hydrogens (tertiary/aromatic N) is 1. The summed E-state index contributed by atoms with van der Waals surface area (Å²) in [5, 5.41) is 5.39. The van der Waals surface area contributed by atoms with E-state index in [4.69, 9.17) is 0 Å². The molecule has 2 aromatic rings. The molecule has 0 aliphatic carbocycles. The van der Waals surface area contributed by atoms with E-state index in [0.717, 1.165) is 18.4 Å². The second-order valence-corrected chi connectivity index (χ2v) is 4.97. The number of anilines is 1. The highest BCUT2D eigenvalue weighted by Crippen LogP contribution is 2.23. The molecule has 0 radical (unpaired) electrons. The number of hydrogen-bond acceptors (Lipinski definition) is 3. The molecule has 1 amide bonds. The van der Waals surface area contributed by atoms with Crippen molar-refractivity contribution in [2.75, 3.05) is 5.32 Å². The summed E-state index contributed by atoms with van der Waals surface area (Å²) in [5.41, 5.74) is 1.06. The quantitative estimate of drug-likeness (QED) is 0.891. The van der Waals surface area contributed by atoms with Gasteiger partial charge < -0.3 is 5.32 Å². The SMILES string of the molecule is CCC[C@H](C(=O)Nc1nccs1)c1ccccc1. The number of carbonyl (C=O) groups is 1. The number of thiazole rings is 1. The summed E-state index contributed by atoms with van der Waals surface area (Å²) in [7, 11) is 0. The fourth-order valence-corrected chi connectivity index (χ4v) is 2.43. The average molecular weight is 260 g/mol. The van der Waals surface area contributed by atoms with Gasteiger partial charge in [-0.05, 0) is 12.0 Å². The maximum absolute atomic E-state index is 12.3. The Morgan fingerprint density at radius 3 is 2.78 bits per heavy atom. The summed E-state index contributed by atoms with van der Waals surface area (Å²) >= 11 is 1.44. The smallest absolute Gasteiger partial charge is 0.233 e. The third kappa shape index (κ3) is 3.17. The molecule has 3 nitrogen and oxygen atoms in total. The zero-order valence-corrected chi connectivity index (χ0v) is 11.1. The van der Waals surface area contributed by atoms with Gasteiger partial charge in [-0.25, -0.2) is 4.98 Å². The van der Waals surface area contributed by atoms with E-state index in [9.17, 15) is 4.79 Å². The van der Waals surface area contributed by atoms with Crippen molar-refractivity contribution in [1.82, 2.24) is 4.98 Å². The molecule has 1 atom stereocenters. The van der Waals surface area contributed by atoms with Gasteiger partial charge in [-0.1, -0.05) is 43.7 Å². The number of amides is 1. The summed E-state index contributed by atoms with van der Waals surface area (Å²) in [6, 6.07) is 9.90. The molecule has 0 spiro atoms. The zero-order valence-electron chi connectivity index (χ0n) is 10.3. The van der Waals surface area contributed by atoms with E-state index in [-0.39, 0.29) is 11.8 Å². The number of nitrogens with one attached hydrogen (secondary N) is 1. The van der Waals surface area contributed by atoms with Gasteiger partial charge in [0.2, 0.25) is 5.91 Å². The van der Waals surface area contributed by atoms with E-state index in [1.54, 1.807) is 6.20 Å². The summed E-state index contributed by atoms with van der Waals surface area (Å²) in [6.07, 6.45) is 3.52. The first-order valence-corrected chi connectivity index (χ1v) is 6.94. The first-order valence-electron chi connectivity index (χ1n) is 6.06. The number of benzene rings is 1. The van der Waals surface area contributed by atoms with E-state index in [0.29, 0.717) is 5.13 Å². The average Bonchev–Trinajstić information content (AvgIpc) is 2.89. The Hall–Kier alpha value is -1.68. The molecule has 1 N–H and O–H groups in total. The first kappa shape index (κ1) is 12.8. The van der Waals surface area contributed by atoms with Gasteiger partial charge in [-0.2, -0.15) is 0 Å². The molecule has 0 aliphatic rings. The molecular weight excluding hydrogens is 244 g/mol. The summed E-state index contributed by atoms with van der Waals surface area (Å²) < 4.78 is 0. The number of rotatable bonds is 5. The molecule has 4 heteroatoms. The van der Waals surface area contributed by atoms with E-state index in [2.05, 4.69) is 17.2 Å². The molecule has 0 aliphatic heterocycles. The van der Waals surface area contributed by atoms with Gasteiger partial charge in [0.1, 0.15) is 0 Å². The molecule has 1 aromatic heterocycles. The molecule has 0 unspecified atom stereocenters. The van der Waals surface area contributed by atoms with Gasteiger partial charge >= 0.3 is 0 Å². The Kier molecular flexibility index (Phi) is 4.47. The van der Waals surface area contributed by atoms with Crippen molar-refractivity contribution in [1.29, 1.82) is 0 Å². The minimum absolute atomic E-state index is 0.0259. The highest BCUT2D eigenvalue weighted by molar-refractivity contribution is 7.13. The van der Waals surface area contributed by atoms with Crippen molar-refractivity contribution in [3.63, 3.8) is 0 Å². The molecule has 1 heterocycles. The maximum Gasteiger partial charge on any atom is 0.233 e. The van der Waals surface area contributed by atoms with Crippen LogP contribution in [-0.2, 0) is 4.79 Å². The molecule has 1 aromatic carbocycles. The molecule has 0 fully saturated rings. The minimum atomic E-state index is -0.0971. The molecule has 18 heavy (non-hydrogen) atoms. The highest BCUT2D eigenvalue weighted by atomic mass is 32.1. The van der Waals surface area contributed by atoms with E-state index >= 15 is 0 Å². The summed E-state index contributed by atoms with van der Waals surface area (Å²) in [5.74, 6) is -0.0712. The summed E-state index contributed by atoms with van der Waals surface area (Å²) in [6.45, 7) is 2.09. The van der Waals surface area contributed by atoms with Gasteiger partial charge in [-0.3, -0.25) is 4.79 Å². The second kappa shape index (κ2) is 6.31. The van der Waals surface area contributed by atoms with Crippen LogP contribution in [0.15, 0.2) is 41.9 Å². The van der Waals surface area contributed by atoms with Crippen LogP contribution in [0, 0.1) is 0 Å². The molecule has 0 saturated carbocycles. The third-order valence-electron chi connectivity index (χ3n) is 2.76. The zero-order chi connectivity index (χ0) is 12.8. The second-order valence-electron chi connectivity index (χ2n) is 4.08. The van der Waals surface area contributed by atoms with E-state index in [1.165, 1.54) is 11.3 Å². The molecule has 0 bridgehead atoms. The Bertz CT molecular complexity index is 482. The first-order chi connectivity index (χ1) is 8.81. The fourth-order valence-electron chi connectivity index (χ4n) is 1.90. The van der Waals surface area contributed by atoms with Crippen LogP contribution < -0.4 is 5.32 Å². The lowest BCUT2D eigenvalue weighted by atomic mass is 9.94. The maximum atomic E-state index is 12.3. The molecule has 94 valence electrons. The number of aromatic nitrogens is 1. The lowest BCUT2D eigenvalue weighted by molar-refractivity contribution is -0.117. The predicted octanol–water partition coefficient (Wildman–Crippen LogP) is 3.67. The van der Waals surface area contributed by atoms with Crippen molar-refractivity contribution in [3.05, 3.63) is 47.5 Å². The number of hydrogen-bond donors (Lipinski definition) is 1. The highest BCUT2D eigenvalue weighted by Gasteiger charge is 2.20. The van der Waals surface area contributed by atoms with Crippen molar-refractivity contribution >= 4 is 22.4 Å². The topological polar surface area (TPSA) is 42.0 Å². The van der Waals surface area contributed by atoms with Crippen molar-refractivity contribution < 1.29 is 4.79 Å². The normalized spacial score (nSPS) is 12.1. The van der Waals surface area contributed by atoms with Crippen LogP contribution in [0.2, 0.25) is 0 Å². The fraction of sp³-hybridized carbons (Fsp3) is 0.286. The Balaban J connectivity index is 2.12. The van der Waals surface area contributed by atoms with Crippen LogP contribution >= 0.6 is 11.3 Å². The molecule has 2 rings (SSSR count). The van der Waals surface area contributed by atoms with E-state index < -0.39 is 0 Å². The van der Waals surface area contributed by atoms with Crippen LogP contribution in [0.25, 0.3) is 0 Å². The monoisotopic (exact) mass is 260 g/mol. The van der Waals surface area contributed by atoms with Crippen molar-refractivity contribution in [2.45, 2.75) is 25.7 Å². The lowest BCUT2D eigenvalue weighted by Crippen LogP contribution is -2.21. The van der Waals surface area contributed by atoms with Gasteiger partial charge in [0, 0.05) is 11.6 Å². The van der Waals surface area contributed by atoms with Crippen LogP contribution in [0.1, 0.15) is 31.2 Å². The van der Waals surface area contributed by atoms with Crippen molar-refractivity contribution in [3.8, 4) is 0 Å². The van der Waals surface area contributed by atoms with Gasteiger partial charge in [0.05, 0.1) is 5.92 Å². The number of carbonyl (C=O) groups excluding carboxylic acids is 1. The standard InChI is InChI=1S/C14H16N2OS/c1-2-6-12(11-7-4-3-5-8-11)13(17)16-14-15-9-10-18-14/h3-5,7-10,12H,2,6H2,1H3,(H,15,16,17)/t12-/m0/s1. The predicted molar refractivity (Wildman–Crippen MR) is 74.8 cm³/mol. The Morgan fingerprint density at radius 2 is 2.17 bits per heavy atom. The Morgan fingerprint density at radius 1 is 1.39 bits per heavy atom. The van der Waals surface area contributed by atoms with Crippen molar-refractivity contribution in [2.24, 2.45) is 0 Å². The summed E-state index contributed by atoms with van der Waals surface area (Å²) in [4.78, 5) is 16.3. The Labute approximate surface area is 111 Å². The van der Waals surface area contributed by atoms with E-state index in [1.807, 2.05) is 35.7 Å². The minimum Gasteiger partial charge on any atom is -0.301 e. The van der Waals surface area contributed by atoms with Crippen LogP contribution in [0.3, 0.4) is 0 Å². The van der Waals surface area contributed by atoms with Gasteiger partial charge in [0.25, 0.3) is 0 Å². The largest absolute Gasteiger partial charge is 0.301 e.